The minimum Gasteiger partial charge on any atom is -0.397 e. The lowest BCUT2D eigenvalue weighted by Gasteiger charge is -2.38. The Morgan fingerprint density at radius 1 is 1.20 bits per heavy atom. The fourth-order valence-electron chi connectivity index (χ4n) is 3.54. The Labute approximate surface area is 120 Å². The molecule has 0 spiro atoms. The van der Waals surface area contributed by atoms with E-state index in [1.54, 1.807) is 0 Å². The van der Waals surface area contributed by atoms with Gasteiger partial charge >= 0.3 is 0 Å². The molecule has 0 bridgehead atoms. The Morgan fingerprint density at radius 3 is 2.80 bits per heavy atom. The second-order valence-corrected chi connectivity index (χ2v) is 6.01. The van der Waals surface area contributed by atoms with E-state index in [1.165, 1.54) is 31.4 Å². The van der Waals surface area contributed by atoms with E-state index in [2.05, 4.69) is 36.0 Å². The maximum atomic E-state index is 6.05. The van der Waals surface area contributed by atoms with Crippen LogP contribution in [0.25, 0.3) is 10.9 Å². The van der Waals surface area contributed by atoms with Crippen molar-refractivity contribution in [1.82, 2.24) is 4.98 Å². The minimum absolute atomic E-state index is 0.621. The number of nitrogen functional groups attached to an aromatic ring is 1. The number of para-hydroxylation sites is 1. The highest BCUT2D eigenvalue weighted by Gasteiger charge is 2.26. The lowest BCUT2D eigenvalue weighted by molar-refractivity contribution is 0.322. The molecule has 2 aromatic rings. The first-order valence-corrected chi connectivity index (χ1v) is 7.54. The molecule has 0 amide bonds. The number of hydrogen-bond acceptors (Lipinski definition) is 3. The molecule has 1 saturated carbocycles. The number of nitrogens with zero attached hydrogens (tertiary/aromatic N) is 2. The Hall–Kier alpha value is -1.77. The van der Waals surface area contributed by atoms with Crippen LogP contribution in [-0.2, 0) is 0 Å². The van der Waals surface area contributed by atoms with Crippen LogP contribution in [0.2, 0.25) is 0 Å². The van der Waals surface area contributed by atoms with Gasteiger partial charge in [-0.1, -0.05) is 31.9 Å². The van der Waals surface area contributed by atoms with Gasteiger partial charge < -0.3 is 10.6 Å². The molecule has 1 aliphatic rings. The van der Waals surface area contributed by atoms with Crippen LogP contribution in [0.3, 0.4) is 0 Å². The van der Waals surface area contributed by atoms with Gasteiger partial charge in [-0.15, -0.1) is 0 Å². The molecule has 1 heterocycles. The van der Waals surface area contributed by atoms with Gasteiger partial charge in [0.15, 0.2) is 0 Å². The summed E-state index contributed by atoms with van der Waals surface area (Å²) >= 11 is 0. The summed E-state index contributed by atoms with van der Waals surface area (Å²) in [6, 6.07) is 8.79. The summed E-state index contributed by atoms with van der Waals surface area (Å²) in [5.41, 5.74) is 8.98. The highest BCUT2D eigenvalue weighted by molar-refractivity contribution is 5.98. The molecule has 1 aromatic heterocycles. The molecule has 0 aliphatic heterocycles. The van der Waals surface area contributed by atoms with Crippen molar-refractivity contribution in [2.45, 2.75) is 38.6 Å². The second kappa shape index (κ2) is 5.31. The number of hydrogen-bond donors (Lipinski definition) is 1. The molecule has 20 heavy (non-hydrogen) atoms. The van der Waals surface area contributed by atoms with Crippen molar-refractivity contribution in [1.29, 1.82) is 0 Å². The molecule has 0 saturated heterocycles. The van der Waals surface area contributed by atoms with Gasteiger partial charge in [0.05, 0.1) is 11.2 Å². The quantitative estimate of drug-likeness (QED) is 0.842. The molecule has 3 heteroatoms. The summed E-state index contributed by atoms with van der Waals surface area (Å²) in [6.07, 6.45) is 7.20. The average molecular weight is 269 g/mol. The normalized spacial score (nSPS) is 22.9. The number of aromatic nitrogens is 1. The van der Waals surface area contributed by atoms with Gasteiger partial charge in [-0.2, -0.15) is 0 Å². The predicted octanol–water partition coefficient (Wildman–Crippen LogP) is 3.83. The zero-order chi connectivity index (χ0) is 14.1. The zero-order valence-electron chi connectivity index (χ0n) is 12.3. The van der Waals surface area contributed by atoms with Gasteiger partial charge in [0.2, 0.25) is 0 Å². The predicted molar refractivity (Wildman–Crippen MR) is 86.0 cm³/mol. The van der Waals surface area contributed by atoms with Crippen molar-refractivity contribution in [2.24, 2.45) is 5.92 Å². The van der Waals surface area contributed by atoms with Gasteiger partial charge in [0.25, 0.3) is 0 Å². The summed E-state index contributed by atoms with van der Waals surface area (Å²) in [5, 5.41) is 1.16. The fraction of sp³-hybridized carbons (Fsp3) is 0.471. The van der Waals surface area contributed by atoms with Gasteiger partial charge in [0.1, 0.15) is 0 Å². The number of nitrogens with two attached hydrogens (primary N) is 1. The minimum atomic E-state index is 0.621. The number of benzene rings is 1. The number of pyridine rings is 1. The standard InChI is InChI=1S/C17H23N3/c1-12-6-3-4-9-15(12)20(2)16-10-11-19-17-13(16)7-5-8-14(17)18/h5,7-8,10-12,15H,3-4,6,9,18H2,1-2H3. The molecule has 1 aliphatic carbocycles. The maximum absolute atomic E-state index is 6.05. The smallest absolute Gasteiger partial charge is 0.0951 e. The van der Waals surface area contributed by atoms with Crippen LogP contribution < -0.4 is 10.6 Å². The van der Waals surface area contributed by atoms with E-state index in [0.717, 1.165) is 22.5 Å². The van der Waals surface area contributed by atoms with Crippen molar-refractivity contribution < 1.29 is 0 Å². The Morgan fingerprint density at radius 2 is 2.00 bits per heavy atom. The highest BCUT2D eigenvalue weighted by Crippen LogP contribution is 2.34. The first-order chi connectivity index (χ1) is 9.68. The van der Waals surface area contributed by atoms with E-state index in [9.17, 15) is 0 Å². The van der Waals surface area contributed by atoms with Crippen LogP contribution >= 0.6 is 0 Å². The molecule has 1 aromatic carbocycles. The zero-order valence-corrected chi connectivity index (χ0v) is 12.3. The third kappa shape index (κ3) is 2.21. The van der Waals surface area contributed by atoms with Crippen molar-refractivity contribution in [3.63, 3.8) is 0 Å². The number of anilines is 2. The maximum Gasteiger partial charge on any atom is 0.0951 e. The van der Waals surface area contributed by atoms with Crippen LogP contribution in [0.15, 0.2) is 30.5 Å². The van der Waals surface area contributed by atoms with E-state index in [-0.39, 0.29) is 0 Å². The molecular formula is C17H23N3. The lowest BCUT2D eigenvalue weighted by atomic mass is 9.85. The Kier molecular flexibility index (Phi) is 3.51. The van der Waals surface area contributed by atoms with Crippen LogP contribution in [0.1, 0.15) is 32.6 Å². The van der Waals surface area contributed by atoms with Crippen molar-refractivity contribution >= 4 is 22.3 Å². The first kappa shape index (κ1) is 13.2. The summed E-state index contributed by atoms with van der Waals surface area (Å²) in [6.45, 7) is 2.37. The number of fused-ring (bicyclic) bond motifs is 1. The van der Waals surface area contributed by atoms with Gasteiger partial charge in [-0.25, -0.2) is 0 Å². The molecule has 3 rings (SSSR count). The third-order valence-electron chi connectivity index (χ3n) is 4.72. The van der Waals surface area contributed by atoms with Crippen LogP contribution in [0.4, 0.5) is 11.4 Å². The van der Waals surface area contributed by atoms with Crippen LogP contribution in [0, 0.1) is 5.92 Å². The Bertz CT molecular complexity index is 608. The van der Waals surface area contributed by atoms with Crippen molar-refractivity contribution in [2.75, 3.05) is 17.7 Å². The molecule has 3 nitrogen and oxygen atoms in total. The van der Waals surface area contributed by atoms with E-state index in [1.807, 2.05) is 18.3 Å². The average Bonchev–Trinajstić information content (AvgIpc) is 2.47. The topological polar surface area (TPSA) is 42.2 Å². The van der Waals surface area contributed by atoms with Gasteiger partial charge in [-0.05, 0) is 30.9 Å². The lowest BCUT2D eigenvalue weighted by Crippen LogP contribution is -2.39. The molecule has 106 valence electrons. The summed E-state index contributed by atoms with van der Waals surface area (Å²) in [4.78, 5) is 6.87. The van der Waals surface area contributed by atoms with Crippen LogP contribution in [0.5, 0.6) is 0 Å². The summed E-state index contributed by atoms with van der Waals surface area (Å²) in [7, 11) is 2.21. The highest BCUT2D eigenvalue weighted by atomic mass is 15.1. The SMILES string of the molecule is CC1CCCCC1N(C)c1ccnc2c(N)cccc12. The van der Waals surface area contributed by atoms with Gasteiger partial charge in [0, 0.05) is 30.4 Å². The summed E-state index contributed by atoms with van der Waals surface area (Å²) in [5.74, 6) is 0.748. The van der Waals surface area contributed by atoms with Crippen molar-refractivity contribution in [3.05, 3.63) is 30.5 Å². The van der Waals surface area contributed by atoms with Gasteiger partial charge in [-0.3, -0.25) is 4.98 Å². The van der Waals surface area contributed by atoms with Crippen LogP contribution in [-0.4, -0.2) is 18.1 Å². The monoisotopic (exact) mass is 269 g/mol. The summed E-state index contributed by atoms with van der Waals surface area (Å²) < 4.78 is 0. The number of rotatable bonds is 2. The molecule has 1 fully saturated rings. The Balaban J connectivity index is 2.03. The van der Waals surface area contributed by atoms with Crippen molar-refractivity contribution in [3.8, 4) is 0 Å². The molecule has 2 unspecified atom stereocenters. The van der Waals surface area contributed by atoms with E-state index >= 15 is 0 Å². The molecule has 2 N–H and O–H groups in total. The van der Waals surface area contributed by atoms with E-state index in [4.69, 9.17) is 5.73 Å². The van der Waals surface area contributed by atoms with E-state index < -0.39 is 0 Å². The molecule has 2 atom stereocenters. The first-order valence-electron chi connectivity index (χ1n) is 7.54. The second-order valence-electron chi connectivity index (χ2n) is 6.01. The van der Waals surface area contributed by atoms with E-state index in [0.29, 0.717) is 6.04 Å². The largest absolute Gasteiger partial charge is 0.397 e. The molecular weight excluding hydrogens is 246 g/mol. The fourth-order valence-corrected chi connectivity index (χ4v) is 3.54. The molecule has 0 radical (unpaired) electrons. The third-order valence-corrected chi connectivity index (χ3v) is 4.72.